The lowest BCUT2D eigenvalue weighted by atomic mass is 9.92. The molecule has 0 bridgehead atoms. The predicted octanol–water partition coefficient (Wildman–Crippen LogP) is 20.5. The molecule has 0 saturated carbocycles. The van der Waals surface area contributed by atoms with Crippen molar-refractivity contribution in [2.45, 2.75) is 38.3 Å². The van der Waals surface area contributed by atoms with E-state index in [-0.39, 0.29) is 19.8 Å². The Bertz CT molecular complexity index is 3650. The Labute approximate surface area is 596 Å². The first-order valence-electron chi connectivity index (χ1n) is 30.4. The largest absolute Gasteiger partial charge is 0.478 e. The lowest BCUT2D eigenvalue weighted by Crippen LogP contribution is -2.16. The molecule has 6 N–H and O–H groups in total. The number of aliphatic hydroxyl groups is 4. The first-order chi connectivity index (χ1) is 46.2. The summed E-state index contributed by atoms with van der Waals surface area (Å²) in [7, 11) is 10.9. The Hall–Kier alpha value is -5.99. The minimum absolute atomic E-state index is 0.0278. The molecule has 0 spiro atoms. The van der Waals surface area contributed by atoms with Crippen molar-refractivity contribution in [3.05, 3.63) is 320 Å². The number of hydrogen-bond acceptors (Lipinski definition) is 7. The van der Waals surface area contributed by atoms with Crippen LogP contribution in [0.4, 0.5) is 0 Å². The molecule has 0 heterocycles. The van der Waals surface area contributed by atoms with Crippen LogP contribution in [-0.2, 0) is 42.6 Å². The molecule has 0 radical (unpaired) electrons. The number of rotatable bonds is 16. The second-order valence-electron chi connectivity index (χ2n) is 22.0. The quantitative estimate of drug-likeness (QED) is 0.0420. The van der Waals surface area contributed by atoms with Gasteiger partial charge in [0.25, 0.3) is 0 Å². The zero-order valence-corrected chi connectivity index (χ0v) is 62.7. The summed E-state index contributed by atoms with van der Waals surface area (Å²) < 4.78 is 7.34. The molecular weight excluding hydrogens is 1470 g/mol. The molecule has 0 aliphatic rings. The number of halogens is 3. The van der Waals surface area contributed by atoms with Crippen molar-refractivity contribution in [2.75, 3.05) is 6.51 Å². The molecule has 16 heteroatoms. The van der Waals surface area contributed by atoms with E-state index in [1.807, 2.05) is 91.7 Å². The van der Waals surface area contributed by atoms with Crippen molar-refractivity contribution < 1.29 is 34.8 Å². The van der Waals surface area contributed by atoms with Crippen LogP contribution in [0.25, 0.3) is 100 Å². The summed E-state index contributed by atoms with van der Waals surface area (Å²) >= 11 is 10.6. The molecule has 0 aliphatic heterocycles. The van der Waals surface area contributed by atoms with Crippen LogP contribution < -0.4 is 0 Å². The Morgan fingerprint density at radius 1 is 0.242 bits per heavy atom. The van der Waals surface area contributed by atoms with E-state index in [1.54, 1.807) is 0 Å². The summed E-state index contributed by atoms with van der Waals surface area (Å²) in [5, 5.41) is 51.0. The van der Waals surface area contributed by atoms with Crippen molar-refractivity contribution in [2.24, 2.45) is 0 Å². The summed E-state index contributed by atoms with van der Waals surface area (Å²) in [5.74, 6) is 0. The van der Waals surface area contributed by atoms with Gasteiger partial charge in [0.05, 0.1) is 26.3 Å². The molecule has 12 rings (SSSR count). The fourth-order valence-corrected chi connectivity index (χ4v) is 11.8. The van der Waals surface area contributed by atoms with Gasteiger partial charge < -0.3 is 34.8 Å². The van der Waals surface area contributed by atoms with Crippen molar-refractivity contribution in [3.8, 4) is 100 Å². The van der Waals surface area contributed by atoms with Gasteiger partial charge in [0.15, 0.2) is 0 Å². The Morgan fingerprint density at radius 2 is 0.368 bits per heavy atom. The topological polar surface area (TPSA) is 131 Å². The normalized spacial score (nSPS) is 10.5. The van der Waals surface area contributed by atoms with E-state index in [2.05, 4.69) is 280 Å². The number of hydrogen-bond donors (Lipinski definition) is 6. The maximum absolute atomic E-state index is 9.33. The van der Waals surface area contributed by atoms with Crippen molar-refractivity contribution >= 4 is 102 Å². The van der Waals surface area contributed by atoms with Gasteiger partial charge in [-0.25, -0.2) is 0 Å². The Balaban J connectivity index is 0.000000173. The summed E-state index contributed by atoms with van der Waals surface area (Å²) in [4.78, 5) is 0. The van der Waals surface area contributed by atoms with E-state index in [9.17, 15) is 15.3 Å². The van der Waals surface area contributed by atoms with Gasteiger partial charge >= 0.3 is 7.12 Å². The monoisotopic (exact) mass is 1540 g/mol. The van der Waals surface area contributed by atoms with Gasteiger partial charge in [0, 0.05) is 32.4 Å². The van der Waals surface area contributed by atoms with Crippen molar-refractivity contribution in [1.29, 1.82) is 0 Å². The molecule has 0 saturated heterocycles. The van der Waals surface area contributed by atoms with Crippen LogP contribution in [0.5, 0.6) is 0 Å². The summed E-state index contributed by atoms with van der Waals surface area (Å²) in [5.41, 5.74) is 27.9. The highest BCUT2D eigenvalue weighted by Gasteiger charge is 2.13. The molecule has 0 aromatic heterocycles. The smallest absolute Gasteiger partial charge is 0.426 e. The zero-order valence-electron chi connectivity index (χ0n) is 52.1. The lowest BCUT2D eigenvalue weighted by Gasteiger charge is -2.12. The Morgan fingerprint density at radius 3 is 0.484 bits per heavy atom. The van der Waals surface area contributed by atoms with E-state index in [0.717, 1.165) is 82.0 Å². The fourth-order valence-electron chi connectivity index (χ4n) is 10.2. The molecule has 5 unspecified atom stereocenters. The highest BCUT2D eigenvalue weighted by molar-refractivity contribution is 9.11. The Kier molecular flexibility index (Phi) is 30.6. The van der Waals surface area contributed by atoms with Gasteiger partial charge in [-0.05, 0) is 243 Å². The molecule has 0 fully saturated rings. The van der Waals surface area contributed by atoms with Crippen LogP contribution in [0.1, 0.15) is 33.4 Å². The van der Waals surface area contributed by atoms with Crippen LogP contribution in [0.2, 0.25) is 0 Å². The van der Waals surface area contributed by atoms with Crippen LogP contribution >= 0.6 is 94.4 Å². The molecule has 12 aromatic rings. The molecule has 5 atom stereocenters. The average molecular weight is 1540 g/mol. The first-order valence-corrected chi connectivity index (χ1v) is 36.2. The van der Waals surface area contributed by atoms with E-state index in [4.69, 9.17) is 15.2 Å². The van der Waals surface area contributed by atoms with E-state index in [0.29, 0.717) is 0 Å². The van der Waals surface area contributed by atoms with Crippen LogP contribution in [-0.4, -0.2) is 44.1 Å². The fraction of sp³-hybridized carbons (Fsp3) is 0.0886. The standard InChI is InChI=1S/C27H24O3.C27H27P3.C24H15Br3.CH5BO3.H4OP2/c2*28-16-19-1-7-22(8-2-19)25-13-26(23-9-3-20(17-29)4-10-23)15-27(14-25)24-11-5-21(18-30)6-12-24;25-22-7-1-16(2-8-22)19-13-20(17-3-9-23(26)10-4-17)15-21(14-19)18-5-11-24(27)12-6-18;3-1-2(4)5;2-1-3/h1-15,28-30H,16-18H2;1-15H,16-18,28-30H2;1-15H;3-5H,1H2;2-3H2. The van der Waals surface area contributed by atoms with Crippen LogP contribution in [0, 0.1) is 0 Å². The third kappa shape index (κ3) is 22.5. The van der Waals surface area contributed by atoms with Gasteiger partial charge in [0.1, 0.15) is 0 Å². The van der Waals surface area contributed by atoms with Gasteiger partial charge in [0.2, 0.25) is 0 Å². The predicted molar refractivity (Wildman–Crippen MR) is 427 cm³/mol. The maximum atomic E-state index is 9.33. The first kappa shape index (κ1) is 74.8. The molecular formula is C79H75BBr3O7P5. The third-order valence-electron chi connectivity index (χ3n) is 15.5. The lowest BCUT2D eigenvalue weighted by molar-refractivity contribution is 0.281. The van der Waals surface area contributed by atoms with Gasteiger partial charge in [-0.2, -0.15) is 0 Å². The maximum Gasteiger partial charge on any atom is 0.478 e. The third-order valence-corrected chi connectivity index (χ3v) is 18.5. The SMILES string of the molecule is Brc1ccc(-c2cc(-c3ccc(Br)cc3)cc(-c3ccc(Br)cc3)c2)cc1.OCB(O)O.OCc1ccc(-c2cc(-c3ccc(CO)cc3)cc(-c3ccc(CO)cc3)c2)cc1.PCc1ccc(-c2cc(-c3ccc(CP)cc3)cc(-c3ccc(CP)cc3)c2)cc1.POP. The molecule has 482 valence electrons. The molecule has 95 heavy (non-hydrogen) atoms. The highest BCUT2D eigenvalue weighted by atomic mass is 79.9. The highest BCUT2D eigenvalue weighted by Crippen LogP contribution is 2.38. The zero-order chi connectivity index (χ0) is 67.6. The van der Waals surface area contributed by atoms with E-state index in [1.165, 1.54) is 83.5 Å². The summed E-state index contributed by atoms with van der Waals surface area (Å²) in [6, 6.07) is 96.1. The van der Waals surface area contributed by atoms with Gasteiger partial charge in [-0.1, -0.05) is 230 Å². The van der Waals surface area contributed by atoms with E-state index >= 15 is 0 Å². The van der Waals surface area contributed by atoms with Crippen molar-refractivity contribution in [3.63, 3.8) is 0 Å². The van der Waals surface area contributed by atoms with Crippen LogP contribution in [0.15, 0.2) is 286 Å². The number of benzene rings is 12. The molecule has 0 aliphatic carbocycles. The minimum Gasteiger partial charge on any atom is -0.426 e. The second kappa shape index (κ2) is 38.8. The minimum atomic E-state index is -1.56. The second-order valence-corrected chi connectivity index (χ2v) is 27.0. The van der Waals surface area contributed by atoms with E-state index < -0.39 is 13.6 Å². The van der Waals surface area contributed by atoms with Crippen LogP contribution in [0.3, 0.4) is 0 Å². The summed E-state index contributed by atoms with van der Waals surface area (Å²) in [6.07, 6.45) is 2.95. The molecule has 7 nitrogen and oxygen atoms in total. The molecule has 12 aromatic carbocycles. The van der Waals surface area contributed by atoms with Gasteiger partial charge in [-0.15, -0.1) is 27.7 Å². The van der Waals surface area contributed by atoms with Crippen molar-refractivity contribution in [1.82, 2.24) is 0 Å². The summed E-state index contributed by atoms with van der Waals surface area (Å²) in [6.45, 7) is -0.500. The average Bonchev–Trinajstić information content (AvgIpc) is 0.841. The van der Waals surface area contributed by atoms with Gasteiger partial charge in [-0.3, -0.25) is 0 Å². The number of aliphatic hydroxyl groups excluding tert-OH is 4. The molecule has 0 amide bonds.